The van der Waals surface area contributed by atoms with Crippen molar-refractivity contribution in [2.45, 2.75) is 19.5 Å². The number of benzene rings is 2. The lowest BCUT2D eigenvalue weighted by Crippen LogP contribution is -2.44. The third-order valence-electron chi connectivity index (χ3n) is 3.83. The standard InChI is InChI=1S/C18H16Cl2N2O4/c1-10(22-18(24)12-3-4-13(19)14(20)7-12)17(23)21-8-11-2-5-15-16(6-11)26-9-25-15/h2-7,10H,8-9H2,1H3,(H,21,23)(H,22,24)/t10-/m0/s1. The van der Waals surface area contributed by atoms with Crippen LogP contribution in [0.15, 0.2) is 36.4 Å². The van der Waals surface area contributed by atoms with Gasteiger partial charge in [0.1, 0.15) is 6.04 Å². The molecule has 0 unspecified atom stereocenters. The Balaban J connectivity index is 1.54. The van der Waals surface area contributed by atoms with Crippen LogP contribution < -0.4 is 20.1 Å². The highest BCUT2D eigenvalue weighted by Gasteiger charge is 2.18. The van der Waals surface area contributed by atoms with E-state index >= 15 is 0 Å². The summed E-state index contributed by atoms with van der Waals surface area (Å²) >= 11 is 11.7. The number of amides is 2. The molecule has 2 N–H and O–H groups in total. The van der Waals surface area contributed by atoms with Gasteiger partial charge in [0.05, 0.1) is 10.0 Å². The van der Waals surface area contributed by atoms with Crippen LogP contribution in [0.4, 0.5) is 0 Å². The number of hydrogen-bond donors (Lipinski definition) is 2. The van der Waals surface area contributed by atoms with Gasteiger partial charge in [0.15, 0.2) is 11.5 Å². The molecule has 1 atom stereocenters. The summed E-state index contributed by atoms with van der Waals surface area (Å²) in [6, 6.07) is 9.25. The largest absolute Gasteiger partial charge is 0.454 e. The fraction of sp³-hybridized carbons (Fsp3) is 0.222. The van der Waals surface area contributed by atoms with Crippen LogP contribution in [0.25, 0.3) is 0 Å². The smallest absolute Gasteiger partial charge is 0.251 e. The molecule has 2 aromatic rings. The van der Waals surface area contributed by atoms with Crippen LogP contribution in [0, 0.1) is 0 Å². The van der Waals surface area contributed by atoms with Gasteiger partial charge in [-0.2, -0.15) is 0 Å². The highest BCUT2D eigenvalue weighted by Crippen LogP contribution is 2.32. The lowest BCUT2D eigenvalue weighted by Gasteiger charge is -2.14. The molecule has 0 aliphatic carbocycles. The van der Waals surface area contributed by atoms with Crippen LogP contribution in [0.1, 0.15) is 22.8 Å². The quantitative estimate of drug-likeness (QED) is 0.816. The zero-order valence-corrected chi connectivity index (χ0v) is 15.4. The number of rotatable bonds is 5. The molecule has 1 aliphatic heterocycles. The summed E-state index contributed by atoms with van der Waals surface area (Å²) in [7, 11) is 0. The van der Waals surface area contributed by atoms with E-state index in [1.165, 1.54) is 12.1 Å². The van der Waals surface area contributed by atoms with Gasteiger partial charge in [-0.15, -0.1) is 0 Å². The highest BCUT2D eigenvalue weighted by atomic mass is 35.5. The number of nitrogens with one attached hydrogen (secondary N) is 2. The molecule has 3 rings (SSSR count). The van der Waals surface area contributed by atoms with E-state index in [1.807, 2.05) is 12.1 Å². The Morgan fingerprint density at radius 1 is 1.08 bits per heavy atom. The van der Waals surface area contributed by atoms with Crippen LogP contribution in [0.2, 0.25) is 10.0 Å². The monoisotopic (exact) mass is 394 g/mol. The van der Waals surface area contributed by atoms with E-state index in [0.29, 0.717) is 28.6 Å². The molecule has 1 aliphatic rings. The van der Waals surface area contributed by atoms with Gasteiger partial charge in [0.2, 0.25) is 12.7 Å². The number of carbonyl (C=O) groups excluding carboxylic acids is 2. The van der Waals surface area contributed by atoms with E-state index in [9.17, 15) is 9.59 Å². The third-order valence-corrected chi connectivity index (χ3v) is 4.57. The van der Waals surface area contributed by atoms with Gasteiger partial charge in [-0.3, -0.25) is 9.59 Å². The Morgan fingerprint density at radius 2 is 1.85 bits per heavy atom. The van der Waals surface area contributed by atoms with Crippen LogP contribution in [-0.2, 0) is 11.3 Å². The minimum Gasteiger partial charge on any atom is -0.454 e. The lowest BCUT2D eigenvalue weighted by molar-refractivity contribution is -0.122. The van der Waals surface area contributed by atoms with Crippen molar-refractivity contribution >= 4 is 35.0 Å². The molecule has 0 saturated carbocycles. The summed E-state index contributed by atoms with van der Waals surface area (Å²) < 4.78 is 10.5. The topological polar surface area (TPSA) is 76.7 Å². The first-order chi connectivity index (χ1) is 12.4. The Kier molecular flexibility index (Phi) is 5.54. The van der Waals surface area contributed by atoms with Crippen molar-refractivity contribution in [3.63, 3.8) is 0 Å². The average Bonchev–Trinajstić information content (AvgIpc) is 3.09. The second kappa shape index (κ2) is 7.85. The molecule has 0 saturated heterocycles. The molecule has 0 fully saturated rings. The van der Waals surface area contributed by atoms with Crippen LogP contribution in [-0.4, -0.2) is 24.6 Å². The molecule has 6 nitrogen and oxygen atoms in total. The SMILES string of the molecule is C[C@H](NC(=O)c1ccc(Cl)c(Cl)c1)C(=O)NCc1ccc2c(c1)OCO2. The third kappa shape index (κ3) is 4.20. The maximum Gasteiger partial charge on any atom is 0.251 e. The summed E-state index contributed by atoms with van der Waals surface area (Å²) in [4.78, 5) is 24.4. The number of fused-ring (bicyclic) bond motifs is 1. The summed E-state index contributed by atoms with van der Waals surface area (Å²) in [6.45, 7) is 2.11. The van der Waals surface area contributed by atoms with Gasteiger partial charge in [-0.05, 0) is 42.8 Å². The molecule has 26 heavy (non-hydrogen) atoms. The van der Waals surface area contributed by atoms with E-state index in [2.05, 4.69) is 10.6 Å². The average molecular weight is 395 g/mol. The summed E-state index contributed by atoms with van der Waals surface area (Å²) in [5.74, 6) is 0.616. The van der Waals surface area contributed by atoms with Crippen LogP contribution in [0.3, 0.4) is 0 Å². The normalized spacial score (nSPS) is 13.2. The van der Waals surface area contributed by atoms with Gasteiger partial charge in [0.25, 0.3) is 5.91 Å². The summed E-state index contributed by atoms with van der Waals surface area (Å²) in [6.07, 6.45) is 0. The van der Waals surface area contributed by atoms with E-state index in [1.54, 1.807) is 19.1 Å². The van der Waals surface area contributed by atoms with Crippen LogP contribution in [0.5, 0.6) is 11.5 Å². The molecular weight excluding hydrogens is 379 g/mol. The predicted octanol–water partition coefficient (Wildman–Crippen LogP) is 3.16. The van der Waals surface area contributed by atoms with Crippen molar-refractivity contribution < 1.29 is 19.1 Å². The zero-order chi connectivity index (χ0) is 18.7. The maximum absolute atomic E-state index is 12.2. The van der Waals surface area contributed by atoms with Gasteiger partial charge in [-0.1, -0.05) is 29.3 Å². The lowest BCUT2D eigenvalue weighted by atomic mass is 10.2. The van der Waals surface area contributed by atoms with Gasteiger partial charge in [0, 0.05) is 12.1 Å². The van der Waals surface area contributed by atoms with Gasteiger partial charge < -0.3 is 20.1 Å². The van der Waals surface area contributed by atoms with Crippen molar-refractivity contribution in [2.75, 3.05) is 6.79 Å². The van der Waals surface area contributed by atoms with Crippen LogP contribution >= 0.6 is 23.2 Å². The molecule has 0 aromatic heterocycles. The molecule has 0 spiro atoms. The first-order valence-corrected chi connectivity index (χ1v) is 8.62. The number of carbonyl (C=O) groups is 2. The van der Waals surface area contributed by atoms with Crippen molar-refractivity contribution in [3.05, 3.63) is 57.6 Å². The number of hydrogen-bond acceptors (Lipinski definition) is 4. The zero-order valence-electron chi connectivity index (χ0n) is 13.8. The van der Waals surface area contributed by atoms with Crippen molar-refractivity contribution in [3.8, 4) is 11.5 Å². The predicted molar refractivity (Wildman–Crippen MR) is 97.8 cm³/mol. The van der Waals surface area contributed by atoms with Crippen molar-refractivity contribution in [1.29, 1.82) is 0 Å². The van der Waals surface area contributed by atoms with Gasteiger partial charge in [-0.25, -0.2) is 0 Å². The van der Waals surface area contributed by atoms with E-state index in [4.69, 9.17) is 32.7 Å². The molecule has 8 heteroatoms. The summed E-state index contributed by atoms with van der Waals surface area (Å²) in [5, 5.41) is 6.03. The molecular formula is C18H16Cl2N2O4. The Morgan fingerprint density at radius 3 is 2.62 bits per heavy atom. The second-order valence-corrected chi connectivity index (χ2v) is 6.54. The Bertz CT molecular complexity index is 857. The first kappa shape index (κ1) is 18.4. The Hall–Kier alpha value is -2.44. The Labute approximate surface area is 160 Å². The van der Waals surface area contributed by atoms with Gasteiger partial charge >= 0.3 is 0 Å². The molecule has 0 radical (unpaired) electrons. The van der Waals surface area contributed by atoms with E-state index in [0.717, 1.165) is 5.56 Å². The van der Waals surface area contributed by atoms with Crippen molar-refractivity contribution in [1.82, 2.24) is 10.6 Å². The minimum atomic E-state index is -0.717. The highest BCUT2D eigenvalue weighted by molar-refractivity contribution is 6.42. The van der Waals surface area contributed by atoms with Crippen molar-refractivity contribution in [2.24, 2.45) is 0 Å². The molecule has 1 heterocycles. The number of ether oxygens (including phenoxy) is 2. The maximum atomic E-state index is 12.2. The van der Waals surface area contributed by atoms with E-state index < -0.39 is 11.9 Å². The molecule has 2 amide bonds. The second-order valence-electron chi connectivity index (χ2n) is 5.73. The fourth-order valence-electron chi connectivity index (χ4n) is 2.38. The fourth-order valence-corrected chi connectivity index (χ4v) is 2.67. The summed E-state index contributed by atoms with van der Waals surface area (Å²) in [5.41, 5.74) is 1.19. The van der Waals surface area contributed by atoms with E-state index in [-0.39, 0.29) is 17.7 Å². The number of halogens is 2. The molecule has 136 valence electrons. The minimum absolute atomic E-state index is 0.197. The molecule has 2 aromatic carbocycles. The molecule has 0 bridgehead atoms. The first-order valence-electron chi connectivity index (χ1n) is 7.86.